The standard InChI is InChI=1S/C25H26N2OSi/c1-3-22(20-26)19-21(2)27-28-29(23-13-7-4-8-14-23,24-15-9-5-10-16-24)25-17-11-6-12-18-25/h4-18,22H,3,19H2,1-2H3. The lowest BCUT2D eigenvalue weighted by Crippen LogP contribution is -2.68. The van der Waals surface area contributed by atoms with E-state index in [2.05, 4.69) is 47.6 Å². The minimum atomic E-state index is -2.83. The summed E-state index contributed by atoms with van der Waals surface area (Å²) in [5.74, 6) is -0.0383. The lowest BCUT2D eigenvalue weighted by molar-refractivity contribution is 0.346. The Morgan fingerprint density at radius 1 is 0.862 bits per heavy atom. The van der Waals surface area contributed by atoms with Crippen molar-refractivity contribution in [2.24, 2.45) is 11.1 Å². The van der Waals surface area contributed by atoms with Crippen LogP contribution in [0.5, 0.6) is 0 Å². The van der Waals surface area contributed by atoms with Crippen LogP contribution in [0.1, 0.15) is 26.7 Å². The smallest absolute Gasteiger partial charge is 0.380 e. The van der Waals surface area contributed by atoms with Crippen LogP contribution in [0.25, 0.3) is 0 Å². The van der Waals surface area contributed by atoms with E-state index in [0.717, 1.165) is 27.7 Å². The van der Waals surface area contributed by atoms with E-state index >= 15 is 0 Å². The second kappa shape index (κ2) is 9.86. The number of rotatable bonds is 8. The van der Waals surface area contributed by atoms with Crippen LogP contribution < -0.4 is 15.6 Å². The third-order valence-electron chi connectivity index (χ3n) is 5.10. The predicted octanol–water partition coefficient (Wildman–Crippen LogP) is 3.99. The minimum Gasteiger partial charge on any atom is -0.438 e. The highest BCUT2D eigenvalue weighted by atomic mass is 28.4. The zero-order chi connectivity index (χ0) is 20.5. The van der Waals surface area contributed by atoms with Crippen LogP contribution in [0, 0.1) is 17.2 Å². The van der Waals surface area contributed by atoms with E-state index < -0.39 is 8.32 Å². The lowest BCUT2D eigenvalue weighted by Gasteiger charge is -2.30. The molecule has 3 aromatic carbocycles. The SMILES string of the molecule is CCC(C#N)CC(C)=NO[Si](c1ccccc1)(c1ccccc1)c1ccccc1. The average Bonchev–Trinajstić information content (AvgIpc) is 2.80. The van der Waals surface area contributed by atoms with Crippen LogP contribution >= 0.6 is 0 Å². The molecular formula is C25H26N2OSi. The van der Waals surface area contributed by atoms with Crippen molar-refractivity contribution >= 4 is 29.6 Å². The fraction of sp³-hybridized carbons (Fsp3) is 0.200. The molecule has 3 nitrogen and oxygen atoms in total. The Labute approximate surface area is 174 Å². The van der Waals surface area contributed by atoms with Gasteiger partial charge in [-0.1, -0.05) is 97.9 Å². The Bertz CT molecular complexity index is 869. The number of nitrogens with zero attached hydrogens (tertiary/aromatic N) is 2. The minimum absolute atomic E-state index is 0.0383. The summed E-state index contributed by atoms with van der Waals surface area (Å²) in [4.78, 5) is 0. The molecule has 0 bridgehead atoms. The Hall–Kier alpha value is -3.16. The molecule has 4 heteroatoms. The summed E-state index contributed by atoms with van der Waals surface area (Å²) in [6.07, 6.45) is 1.43. The van der Waals surface area contributed by atoms with Gasteiger partial charge in [-0.25, -0.2) is 0 Å². The van der Waals surface area contributed by atoms with Crippen LogP contribution in [0.4, 0.5) is 0 Å². The van der Waals surface area contributed by atoms with E-state index in [1.54, 1.807) is 0 Å². The number of nitriles is 1. The normalized spacial score (nSPS) is 12.8. The molecule has 0 aliphatic heterocycles. The molecule has 1 atom stereocenters. The van der Waals surface area contributed by atoms with Gasteiger partial charge in [0.15, 0.2) is 0 Å². The topological polar surface area (TPSA) is 45.4 Å². The zero-order valence-corrected chi connectivity index (χ0v) is 18.0. The van der Waals surface area contributed by atoms with E-state index in [4.69, 9.17) is 4.53 Å². The van der Waals surface area contributed by atoms with Gasteiger partial charge in [0.2, 0.25) is 0 Å². The van der Waals surface area contributed by atoms with Crippen LogP contribution in [0.2, 0.25) is 0 Å². The number of oxime groups is 1. The molecule has 0 N–H and O–H groups in total. The van der Waals surface area contributed by atoms with Crippen molar-refractivity contribution in [3.05, 3.63) is 91.0 Å². The maximum atomic E-state index is 9.30. The first kappa shape index (κ1) is 20.6. The lowest BCUT2D eigenvalue weighted by atomic mass is 10.0. The second-order valence-corrected chi connectivity index (χ2v) is 10.4. The van der Waals surface area contributed by atoms with E-state index in [1.807, 2.05) is 68.4 Å². The predicted molar refractivity (Wildman–Crippen MR) is 122 cm³/mol. The highest BCUT2D eigenvalue weighted by Crippen LogP contribution is 2.13. The fourth-order valence-electron chi connectivity index (χ4n) is 3.50. The van der Waals surface area contributed by atoms with Gasteiger partial charge in [-0.05, 0) is 28.9 Å². The van der Waals surface area contributed by atoms with E-state index in [-0.39, 0.29) is 5.92 Å². The number of benzene rings is 3. The Balaban J connectivity index is 2.14. The molecular weight excluding hydrogens is 372 g/mol. The first-order valence-electron chi connectivity index (χ1n) is 9.98. The van der Waals surface area contributed by atoms with Crippen LogP contribution in [-0.4, -0.2) is 14.0 Å². The maximum Gasteiger partial charge on any atom is 0.380 e. The van der Waals surface area contributed by atoms with Gasteiger partial charge in [0.1, 0.15) is 0 Å². The second-order valence-electron chi connectivity index (χ2n) is 7.14. The van der Waals surface area contributed by atoms with Gasteiger partial charge in [-0.2, -0.15) is 5.26 Å². The fourth-order valence-corrected chi connectivity index (χ4v) is 7.09. The quantitative estimate of drug-likeness (QED) is 0.249. The van der Waals surface area contributed by atoms with Crippen LogP contribution in [0.15, 0.2) is 96.2 Å². The van der Waals surface area contributed by atoms with E-state index in [1.165, 1.54) is 0 Å². The molecule has 0 radical (unpaired) electrons. The Morgan fingerprint density at radius 2 is 1.28 bits per heavy atom. The molecule has 29 heavy (non-hydrogen) atoms. The van der Waals surface area contributed by atoms with E-state index in [9.17, 15) is 5.26 Å². The van der Waals surface area contributed by atoms with Crippen molar-refractivity contribution in [3.63, 3.8) is 0 Å². The molecule has 0 amide bonds. The maximum absolute atomic E-state index is 9.30. The first-order valence-corrected chi connectivity index (χ1v) is 11.9. The summed E-state index contributed by atoms with van der Waals surface area (Å²) in [6.45, 7) is 3.97. The van der Waals surface area contributed by atoms with E-state index in [0.29, 0.717) is 6.42 Å². The van der Waals surface area contributed by atoms with Crippen molar-refractivity contribution in [1.82, 2.24) is 0 Å². The highest BCUT2D eigenvalue weighted by molar-refractivity contribution is 7.07. The van der Waals surface area contributed by atoms with Gasteiger partial charge in [-0.15, -0.1) is 5.16 Å². The largest absolute Gasteiger partial charge is 0.438 e. The number of hydrogen-bond acceptors (Lipinski definition) is 3. The molecule has 3 rings (SSSR count). The van der Waals surface area contributed by atoms with Crippen molar-refractivity contribution < 1.29 is 4.53 Å². The van der Waals surface area contributed by atoms with Gasteiger partial charge in [0.05, 0.1) is 17.7 Å². The van der Waals surface area contributed by atoms with Crippen LogP contribution in [-0.2, 0) is 4.53 Å². The van der Waals surface area contributed by atoms with Crippen molar-refractivity contribution in [2.45, 2.75) is 26.7 Å². The summed E-state index contributed by atoms with van der Waals surface area (Å²) < 4.78 is 6.56. The van der Waals surface area contributed by atoms with Gasteiger partial charge in [-0.3, -0.25) is 0 Å². The summed E-state index contributed by atoms with van der Waals surface area (Å²) >= 11 is 0. The third-order valence-corrected chi connectivity index (χ3v) is 8.90. The highest BCUT2D eigenvalue weighted by Gasteiger charge is 2.44. The van der Waals surface area contributed by atoms with Gasteiger partial charge < -0.3 is 4.53 Å². The summed E-state index contributed by atoms with van der Waals surface area (Å²) in [5, 5.41) is 17.3. The molecule has 1 unspecified atom stereocenters. The Morgan fingerprint density at radius 3 is 1.62 bits per heavy atom. The van der Waals surface area contributed by atoms with Crippen LogP contribution in [0.3, 0.4) is 0 Å². The molecule has 0 aliphatic carbocycles. The third kappa shape index (κ3) is 4.64. The molecule has 0 saturated heterocycles. The van der Waals surface area contributed by atoms with Crippen molar-refractivity contribution in [3.8, 4) is 6.07 Å². The van der Waals surface area contributed by atoms with Crippen molar-refractivity contribution in [1.29, 1.82) is 5.26 Å². The average molecular weight is 399 g/mol. The molecule has 0 fully saturated rings. The zero-order valence-electron chi connectivity index (χ0n) is 17.0. The Kier molecular flexibility index (Phi) is 6.99. The van der Waals surface area contributed by atoms with Gasteiger partial charge in [0.25, 0.3) is 0 Å². The molecule has 146 valence electrons. The number of hydrogen-bond donors (Lipinski definition) is 0. The molecule has 3 aromatic rings. The summed E-state index contributed by atoms with van der Waals surface area (Å²) in [7, 11) is -2.83. The summed E-state index contributed by atoms with van der Waals surface area (Å²) in [5.41, 5.74) is 0.845. The molecule has 0 heterocycles. The molecule has 0 aliphatic rings. The molecule has 0 spiro atoms. The molecule has 0 saturated carbocycles. The monoisotopic (exact) mass is 398 g/mol. The summed E-state index contributed by atoms with van der Waals surface area (Å²) in [6, 6.07) is 33.5. The molecule has 0 aromatic heterocycles. The van der Waals surface area contributed by atoms with Gasteiger partial charge in [0, 0.05) is 6.42 Å². The van der Waals surface area contributed by atoms with Crippen molar-refractivity contribution in [2.75, 3.05) is 0 Å². The first-order chi connectivity index (χ1) is 14.2. The van der Waals surface area contributed by atoms with Gasteiger partial charge >= 0.3 is 8.32 Å².